The largest absolute Gasteiger partial charge is 0.477 e. The molecule has 8 heteroatoms. The van der Waals surface area contributed by atoms with Crippen LogP contribution in [0, 0.1) is 11.3 Å². The van der Waals surface area contributed by atoms with Crippen LogP contribution in [0.15, 0.2) is 212 Å². The minimum Gasteiger partial charge on any atom is -0.477 e. The normalized spacial score (nSPS) is 12.0. The van der Waals surface area contributed by atoms with Crippen molar-refractivity contribution in [1.82, 2.24) is 13.7 Å². The molecule has 0 aliphatic heterocycles. The zero-order valence-corrected chi connectivity index (χ0v) is 37.8. The van der Waals surface area contributed by atoms with E-state index in [4.69, 9.17) is 0 Å². The van der Waals surface area contributed by atoms with Crippen LogP contribution in [0.4, 0.5) is 0 Å². The number of carbonyl (C=O) groups is 1. The smallest absolute Gasteiger partial charge is 0.346 e. The number of carboxylic acid groups (broad SMARTS) is 1. The van der Waals surface area contributed by atoms with Gasteiger partial charge in [0.1, 0.15) is 16.6 Å². The predicted molar refractivity (Wildman–Crippen MR) is 283 cm³/mol. The van der Waals surface area contributed by atoms with Gasteiger partial charge in [-0.2, -0.15) is 5.26 Å². The van der Waals surface area contributed by atoms with Gasteiger partial charge in [-0.1, -0.05) is 109 Å². The summed E-state index contributed by atoms with van der Waals surface area (Å²) in [6.07, 6.45) is 1.43. The summed E-state index contributed by atoms with van der Waals surface area (Å²) in [5.74, 6) is -1.23. The number of fused-ring (bicyclic) bond motifs is 9. The number of hydrogen-bond acceptors (Lipinski definition) is 4. The molecule has 0 fully saturated rings. The molecule has 0 radical (unpaired) electrons. The van der Waals surface area contributed by atoms with E-state index in [0.717, 1.165) is 75.1 Å². The maximum absolute atomic E-state index is 11.5. The molecule has 0 aliphatic rings. The molecule has 0 unspecified atom stereocenters. The number of nitriles is 1. The van der Waals surface area contributed by atoms with Crippen LogP contribution >= 0.6 is 22.7 Å². The fraction of sp³-hybridized carbons (Fsp3) is 0. The molecule has 0 aliphatic carbocycles. The van der Waals surface area contributed by atoms with Gasteiger partial charge < -0.3 is 18.8 Å². The third-order valence-electron chi connectivity index (χ3n) is 13.2. The van der Waals surface area contributed by atoms with Crippen molar-refractivity contribution in [2.75, 3.05) is 0 Å². The molecule has 0 atom stereocenters. The van der Waals surface area contributed by atoms with E-state index >= 15 is 0 Å². The highest BCUT2D eigenvalue weighted by Gasteiger charge is 2.19. The second kappa shape index (κ2) is 15.7. The lowest BCUT2D eigenvalue weighted by molar-refractivity contribution is -0.132. The number of hydrogen-bond donors (Lipinski definition) is 1. The lowest BCUT2D eigenvalue weighted by atomic mass is 10.00. The van der Waals surface area contributed by atoms with Crippen molar-refractivity contribution in [3.8, 4) is 54.5 Å². The highest BCUT2D eigenvalue weighted by atomic mass is 32.1. The number of rotatable bonds is 8. The molecular formula is C60H36N4O2S2. The second-order valence-electron chi connectivity index (χ2n) is 16.9. The number of thiophene rings is 2. The molecule has 5 heterocycles. The predicted octanol–water partition coefficient (Wildman–Crippen LogP) is 16.1. The van der Waals surface area contributed by atoms with Crippen molar-refractivity contribution in [2.24, 2.45) is 0 Å². The molecular weight excluding hydrogens is 873 g/mol. The van der Waals surface area contributed by atoms with E-state index in [9.17, 15) is 15.2 Å². The Morgan fingerprint density at radius 2 is 0.824 bits per heavy atom. The topological polar surface area (TPSA) is 75.9 Å². The highest BCUT2D eigenvalue weighted by molar-refractivity contribution is 7.23. The van der Waals surface area contributed by atoms with Gasteiger partial charge in [-0.25, -0.2) is 4.79 Å². The Labute approximate surface area is 398 Å². The van der Waals surface area contributed by atoms with Gasteiger partial charge in [-0.05, 0) is 125 Å². The van der Waals surface area contributed by atoms with Crippen molar-refractivity contribution in [2.45, 2.75) is 0 Å². The minimum absolute atomic E-state index is 0.285. The van der Waals surface area contributed by atoms with E-state index in [1.54, 1.807) is 17.4 Å². The van der Waals surface area contributed by atoms with E-state index in [0.29, 0.717) is 0 Å². The van der Waals surface area contributed by atoms with Gasteiger partial charge >= 0.3 is 5.97 Å². The van der Waals surface area contributed by atoms with E-state index in [2.05, 4.69) is 208 Å². The Bertz CT molecular complexity index is 3930. The molecule has 13 rings (SSSR count). The van der Waals surface area contributed by atoms with Crippen molar-refractivity contribution in [3.63, 3.8) is 0 Å². The molecule has 6 nitrogen and oxygen atoms in total. The summed E-state index contributed by atoms with van der Waals surface area (Å²) in [6, 6.07) is 75.8. The van der Waals surface area contributed by atoms with Gasteiger partial charge in [-0.3, -0.25) is 0 Å². The maximum atomic E-state index is 11.5. The summed E-state index contributed by atoms with van der Waals surface area (Å²) in [4.78, 5) is 14.3. The van der Waals surface area contributed by atoms with Crippen LogP contribution in [0.2, 0.25) is 0 Å². The first-order chi connectivity index (χ1) is 33.5. The van der Waals surface area contributed by atoms with Crippen molar-refractivity contribution in [1.29, 1.82) is 5.26 Å². The molecule has 5 aromatic heterocycles. The number of para-hydroxylation sites is 4. The summed E-state index contributed by atoms with van der Waals surface area (Å²) >= 11 is 3.16. The Balaban J connectivity index is 0.923. The highest BCUT2D eigenvalue weighted by Crippen LogP contribution is 2.42. The Morgan fingerprint density at radius 1 is 0.426 bits per heavy atom. The summed E-state index contributed by atoms with van der Waals surface area (Å²) in [6.45, 7) is 0. The van der Waals surface area contributed by atoms with Crippen LogP contribution in [0.5, 0.6) is 0 Å². The first-order valence-corrected chi connectivity index (χ1v) is 23.9. The fourth-order valence-corrected chi connectivity index (χ4v) is 12.1. The van der Waals surface area contributed by atoms with Crippen LogP contribution in [0.25, 0.3) is 120 Å². The van der Waals surface area contributed by atoms with Gasteiger partial charge in [0, 0.05) is 58.3 Å². The molecule has 68 heavy (non-hydrogen) atoms. The second-order valence-corrected chi connectivity index (χ2v) is 19.1. The van der Waals surface area contributed by atoms with Gasteiger partial charge in [0.15, 0.2) is 0 Å². The van der Waals surface area contributed by atoms with Crippen LogP contribution < -0.4 is 0 Å². The Hall–Kier alpha value is -8.74. The number of carboxylic acids is 1. The SMILES string of the molecule is N#C/C(=C\c1ccc(-c2ccc(-n3c4ccc(-c5ccc(-n6c7ccccc7c7ccccc76)cc5)cc4c4cc(-c5ccc(-n6c7ccccc7c7ccccc76)cc5)ccc43)s2)s1)C(=O)O. The monoisotopic (exact) mass is 908 g/mol. The van der Waals surface area contributed by atoms with Crippen LogP contribution in [-0.2, 0) is 4.79 Å². The Kier molecular flexibility index (Phi) is 9.15. The molecule has 1 N–H and O–H groups in total. The quantitative estimate of drug-likeness (QED) is 0.122. The average Bonchev–Trinajstić information content (AvgIpc) is 4.23. The molecule has 0 saturated carbocycles. The molecule has 0 saturated heterocycles. The van der Waals surface area contributed by atoms with E-state index < -0.39 is 5.97 Å². The Morgan fingerprint density at radius 3 is 1.26 bits per heavy atom. The number of aromatic nitrogens is 3. The van der Waals surface area contributed by atoms with Crippen LogP contribution in [-0.4, -0.2) is 24.8 Å². The molecule has 0 bridgehead atoms. The summed E-state index contributed by atoms with van der Waals surface area (Å²) in [7, 11) is 0. The third-order valence-corrected chi connectivity index (χ3v) is 15.5. The van der Waals surface area contributed by atoms with Crippen LogP contribution in [0.3, 0.4) is 0 Å². The van der Waals surface area contributed by atoms with Gasteiger partial charge in [0.2, 0.25) is 0 Å². The summed E-state index contributed by atoms with van der Waals surface area (Å²) in [5.41, 5.74) is 13.5. The maximum Gasteiger partial charge on any atom is 0.346 e. The number of nitrogens with zero attached hydrogens (tertiary/aromatic N) is 4. The van der Waals surface area contributed by atoms with E-state index in [1.807, 2.05) is 12.1 Å². The zero-order valence-electron chi connectivity index (χ0n) is 36.2. The number of benzene rings is 8. The molecule has 0 spiro atoms. The standard InChI is InChI=1S/C60H36N4O2S2/c61-36-41(60(65)66)33-44-27-30-57(67-44)58-31-32-59(68-58)64-55-28-21-39(37-17-23-42(24-18-37)62-51-13-5-1-9-45(51)46-10-2-6-14-52(46)62)34-49(55)50-35-40(22-29-56(50)64)38-19-25-43(26-20-38)63-53-15-7-3-11-47(53)48-12-4-8-16-54(48)63/h1-35H,(H,65,66)/b41-33+. The van der Waals surface area contributed by atoms with Crippen molar-refractivity contribution < 1.29 is 9.90 Å². The van der Waals surface area contributed by atoms with E-state index in [1.165, 1.54) is 61.0 Å². The minimum atomic E-state index is -1.23. The van der Waals surface area contributed by atoms with Gasteiger partial charge in [0.25, 0.3) is 0 Å². The first-order valence-electron chi connectivity index (χ1n) is 22.3. The lowest BCUT2D eigenvalue weighted by Crippen LogP contribution is -1.96. The fourth-order valence-electron chi connectivity index (χ4n) is 10.1. The van der Waals surface area contributed by atoms with Crippen molar-refractivity contribution in [3.05, 3.63) is 217 Å². The summed E-state index contributed by atoms with van der Waals surface area (Å²) in [5, 5.41) is 27.1. The zero-order chi connectivity index (χ0) is 45.5. The number of aliphatic carboxylic acids is 1. The van der Waals surface area contributed by atoms with Crippen LogP contribution in [0.1, 0.15) is 4.88 Å². The van der Waals surface area contributed by atoms with E-state index in [-0.39, 0.29) is 5.57 Å². The first kappa shape index (κ1) is 39.6. The van der Waals surface area contributed by atoms with Gasteiger partial charge in [-0.15, -0.1) is 22.7 Å². The molecule has 0 amide bonds. The molecule has 13 aromatic rings. The molecule has 8 aromatic carbocycles. The van der Waals surface area contributed by atoms with Gasteiger partial charge in [0.05, 0.1) is 33.1 Å². The summed E-state index contributed by atoms with van der Waals surface area (Å²) < 4.78 is 7.06. The average molecular weight is 909 g/mol. The third kappa shape index (κ3) is 6.33. The lowest BCUT2D eigenvalue weighted by Gasteiger charge is -2.10. The molecule has 320 valence electrons. The van der Waals surface area contributed by atoms with Crippen molar-refractivity contribution >= 4 is 100 Å².